The van der Waals surface area contributed by atoms with Crippen molar-refractivity contribution in [2.45, 2.75) is 6.92 Å². The van der Waals surface area contributed by atoms with Crippen LogP contribution >= 0.6 is 0 Å². The smallest absolute Gasteiger partial charge is 0.420 e. The van der Waals surface area contributed by atoms with Crippen molar-refractivity contribution in [3.05, 3.63) is 12.7 Å². The van der Waals surface area contributed by atoms with Gasteiger partial charge in [-0.25, -0.2) is 9.36 Å². The molecule has 0 radical (unpaired) electrons. The summed E-state index contributed by atoms with van der Waals surface area (Å²) in [7, 11) is 0. The number of hydrogen-bond acceptors (Lipinski definition) is 4. The number of nitrogens with zero attached hydrogens (tertiary/aromatic N) is 3. The van der Waals surface area contributed by atoms with Crippen LogP contribution in [0.2, 0.25) is 0 Å². The van der Waals surface area contributed by atoms with Crippen LogP contribution in [0.5, 0.6) is 0 Å². The second-order valence-electron chi connectivity index (χ2n) is 1.57. The summed E-state index contributed by atoms with van der Waals surface area (Å²) < 4.78 is 5.80. The van der Waals surface area contributed by atoms with Crippen molar-refractivity contribution >= 4 is 6.09 Å². The van der Waals surface area contributed by atoms with Crippen molar-refractivity contribution in [3.63, 3.8) is 0 Å². The third kappa shape index (κ3) is 1.31. The lowest BCUT2D eigenvalue weighted by Gasteiger charge is -1.97. The van der Waals surface area contributed by atoms with Gasteiger partial charge in [0.05, 0.1) is 6.61 Å². The third-order valence-corrected chi connectivity index (χ3v) is 0.897. The summed E-state index contributed by atoms with van der Waals surface area (Å²) in [5.74, 6) is 0. The van der Waals surface area contributed by atoms with Gasteiger partial charge in [-0.1, -0.05) is 0 Å². The zero-order valence-electron chi connectivity index (χ0n) is 5.52. The fraction of sp³-hybridized carbons (Fsp3) is 0.400. The molecule has 10 heavy (non-hydrogen) atoms. The average Bonchev–Trinajstić information content (AvgIpc) is 2.38. The monoisotopic (exact) mass is 141 g/mol. The van der Waals surface area contributed by atoms with E-state index in [4.69, 9.17) is 0 Å². The number of carbonyl (C=O) groups is 1. The van der Waals surface area contributed by atoms with E-state index in [1.807, 2.05) is 0 Å². The molecule has 1 aromatic heterocycles. The highest BCUT2D eigenvalue weighted by Crippen LogP contribution is 1.85. The molecule has 0 unspecified atom stereocenters. The van der Waals surface area contributed by atoms with E-state index in [-0.39, 0.29) is 0 Å². The molecular formula is C5H7N3O2. The first-order valence-electron chi connectivity index (χ1n) is 2.86. The number of carbonyl (C=O) groups excluding carboxylic acids is 1. The second kappa shape index (κ2) is 2.95. The molecule has 0 bridgehead atoms. The number of aromatic nitrogens is 3. The van der Waals surface area contributed by atoms with Crippen molar-refractivity contribution in [2.75, 3.05) is 6.61 Å². The fourth-order valence-corrected chi connectivity index (χ4v) is 0.493. The SMILES string of the molecule is CCOC(=O)n1cnnc1. The molecule has 0 saturated heterocycles. The van der Waals surface area contributed by atoms with E-state index in [2.05, 4.69) is 14.9 Å². The van der Waals surface area contributed by atoms with Crippen LogP contribution in [0, 0.1) is 0 Å². The minimum absolute atomic E-state index is 0.358. The van der Waals surface area contributed by atoms with Crippen LogP contribution in [0.4, 0.5) is 4.79 Å². The van der Waals surface area contributed by atoms with Gasteiger partial charge in [0.1, 0.15) is 12.7 Å². The first kappa shape index (κ1) is 6.73. The average molecular weight is 141 g/mol. The summed E-state index contributed by atoms with van der Waals surface area (Å²) in [6.07, 6.45) is 2.13. The molecule has 0 aromatic carbocycles. The van der Waals surface area contributed by atoms with Gasteiger partial charge >= 0.3 is 6.09 Å². The topological polar surface area (TPSA) is 57.0 Å². The Hall–Kier alpha value is -1.39. The van der Waals surface area contributed by atoms with Crippen LogP contribution in [-0.2, 0) is 4.74 Å². The summed E-state index contributed by atoms with van der Waals surface area (Å²) in [5, 5.41) is 6.88. The first-order chi connectivity index (χ1) is 4.84. The highest BCUT2D eigenvalue weighted by molar-refractivity contribution is 5.69. The fourth-order valence-electron chi connectivity index (χ4n) is 0.493. The lowest BCUT2D eigenvalue weighted by molar-refractivity contribution is 0.154. The molecule has 0 atom stereocenters. The quantitative estimate of drug-likeness (QED) is 0.563. The molecule has 1 aromatic rings. The van der Waals surface area contributed by atoms with E-state index in [1.54, 1.807) is 6.92 Å². The predicted molar refractivity (Wildman–Crippen MR) is 32.4 cm³/mol. The molecule has 0 saturated carbocycles. The summed E-state index contributed by atoms with van der Waals surface area (Å²) in [4.78, 5) is 10.8. The zero-order chi connectivity index (χ0) is 7.40. The van der Waals surface area contributed by atoms with Crippen LogP contribution in [0.1, 0.15) is 6.92 Å². The van der Waals surface area contributed by atoms with E-state index in [1.165, 1.54) is 17.2 Å². The van der Waals surface area contributed by atoms with E-state index in [0.29, 0.717) is 6.61 Å². The Morgan fingerprint density at radius 3 is 2.70 bits per heavy atom. The molecule has 1 heterocycles. The third-order valence-electron chi connectivity index (χ3n) is 0.897. The van der Waals surface area contributed by atoms with Gasteiger partial charge in [-0.05, 0) is 6.92 Å². The van der Waals surface area contributed by atoms with Crippen LogP contribution in [0.3, 0.4) is 0 Å². The molecule has 0 amide bonds. The van der Waals surface area contributed by atoms with Gasteiger partial charge in [-0.2, -0.15) is 0 Å². The van der Waals surface area contributed by atoms with Crippen molar-refractivity contribution in [1.29, 1.82) is 0 Å². The minimum atomic E-state index is -0.451. The Morgan fingerprint density at radius 2 is 2.20 bits per heavy atom. The molecular weight excluding hydrogens is 134 g/mol. The highest BCUT2D eigenvalue weighted by atomic mass is 16.5. The van der Waals surface area contributed by atoms with Crippen molar-refractivity contribution < 1.29 is 9.53 Å². The Balaban J connectivity index is 2.59. The maximum Gasteiger partial charge on any atom is 0.420 e. The molecule has 1 rings (SSSR count). The maximum atomic E-state index is 10.8. The molecule has 5 heteroatoms. The molecule has 0 N–H and O–H groups in total. The number of ether oxygens (including phenoxy) is 1. The second-order valence-corrected chi connectivity index (χ2v) is 1.57. The zero-order valence-corrected chi connectivity index (χ0v) is 5.52. The standard InChI is InChI=1S/C5H7N3O2/c1-2-10-5(9)8-3-6-7-4-8/h3-4H,2H2,1H3. The maximum absolute atomic E-state index is 10.8. The number of hydrogen-bond donors (Lipinski definition) is 0. The lowest BCUT2D eigenvalue weighted by atomic mass is 10.8. The van der Waals surface area contributed by atoms with Gasteiger partial charge in [0.15, 0.2) is 0 Å². The first-order valence-corrected chi connectivity index (χ1v) is 2.86. The Kier molecular flexibility index (Phi) is 1.99. The van der Waals surface area contributed by atoms with Crippen LogP contribution < -0.4 is 0 Å². The highest BCUT2D eigenvalue weighted by Gasteiger charge is 2.01. The Bertz CT molecular complexity index is 207. The van der Waals surface area contributed by atoms with E-state index in [9.17, 15) is 4.79 Å². The molecule has 0 spiro atoms. The Labute approximate surface area is 57.6 Å². The van der Waals surface area contributed by atoms with Gasteiger partial charge < -0.3 is 4.74 Å². The predicted octanol–water partition coefficient (Wildman–Crippen LogP) is 0.283. The van der Waals surface area contributed by atoms with E-state index < -0.39 is 6.09 Å². The van der Waals surface area contributed by atoms with E-state index >= 15 is 0 Å². The lowest BCUT2D eigenvalue weighted by Crippen LogP contribution is -2.10. The van der Waals surface area contributed by atoms with Crippen LogP contribution in [0.25, 0.3) is 0 Å². The summed E-state index contributed by atoms with van der Waals surface area (Å²) in [5.41, 5.74) is 0. The molecule has 5 nitrogen and oxygen atoms in total. The van der Waals surface area contributed by atoms with Crippen molar-refractivity contribution in [3.8, 4) is 0 Å². The van der Waals surface area contributed by atoms with Gasteiger partial charge in [-0.15, -0.1) is 10.2 Å². The van der Waals surface area contributed by atoms with Crippen molar-refractivity contribution in [1.82, 2.24) is 14.8 Å². The molecule has 0 fully saturated rings. The minimum Gasteiger partial charge on any atom is -0.449 e. The summed E-state index contributed by atoms with van der Waals surface area (Å²) in [6, 6.07) is 0. The van der Waals surface area contributed by atoms with Gasteiger partial charge in [-0.3, -0.25) is 0 Å². The van der Waals surface area contributed by atoms with Gasteiger partial charge in [0.2, 0.25) is 0 Å². The van der Waals surface area contributed by atoms with Gasteiger partial charge in [0.25, 0.3) is 0 Å². The Morgan fingerprint density at radius 1 is 1.60 bits per heavy atom. The number of rotatable bonds is 1. The van der Waals surface area contributed by atoms with Crippen LogP contribution in [0.15, 0.2) is 12.7 Å². The van der Waals surface area contributed by atoms with Gasteiger partial charge in [0, 0.05) is 0 Å². The summed E-state index contributed by atoms with van der Waals surface area (Å²) >= 11 is 0. The molecule has 0 aliphatic heterocycles. The largest absolute Gasteiger partial charge is 0.449 e. The van der Waals surface area contributed by atoms with Crippen molar-refractivity contribution in [2.24, 2.45) is 0 Å². The summed E-state index contributed by atoms with van der Waals surface area (Å²) in [6.45, 7) is 2.10. The normalized spacial score (nSPS) is 9.30. The molecule has 0 aliphatic rings. The van der Waals surface area contributed by atoms with Crippen LogP contribution in [-0.4, -0.2) is 27.5 Å². The molecule has 54 valence electrons. The van der Waals surface area contributed by atoms with E-state index in [0.717, 1.165) is 0 Å². The molecule has 0 aliphatic carbocycles.